The second-order valence-electron chi connectivity index (χ2n) is 5.95. The van der Waals surface area contributed by atoms with Gasteiger partial charge in [0, 0.05) is 23.7 Å². The maximum atomic E-state index is 14.0. The predicted octanol–water partition coefficient (Wildman–Crippen LogP) is 4.30. The molecule has 1 aliphatic rings. The largest absolute Gasteiger partial charge is 0.493 e. The third kappa shape index (κ3) is 3.71. The molecule has 0 aromatic heterocycles. The third-order valence-corrected chi connectivity index (χ3v) is 4.51. The lowest BCUT2D eigenvalue weighted by Crippen LogP contribution is -2.33. The van der Waals surface area contributed by atoms with E-state index in [1.807, 2.05) is 0 Å². The number of carbonyl (C=O) groups is 1. The molecule has 0 bridgehead atoms. The average Bonchev–Trinajstić information content (AvgIpc) is 3.44. The van der Waals surface area contributed by atoms with Crippen LogP contribution in [0.5, 0.6) is 11.5 Å². The zero-order valence-corrected chi connectivity index (χ0v) is 14.8. The summed E-state index contributed by atoms with van der Waals surface area (Å²) >= 11 is 6.21. The zero-order chi connectivity index (χ0) is 18.0. The number of ether oxygens (including phenoxy) is 2. The highest BCUT2D eigenvalue weighted by Crippen LogP contribution is 2.37. The Balaban J connectivity index is 1.91. The minimum absolute atomic E-state index is 0.124. The van der Waals surface area contributed by atoms with Gasteiger partial charge in [0.05, 0.1) is 19.2 Å². The van der Waals surface area contributed by atoms with Gasteiger partial charge in [-0.3, -0.25) is 4.79 Å². The van der Waals surface area contributed by atoms with Crippen LogP contribution in [0, 0.1) is 5.82 Å². The van der Waals surface area contributed by atoms with Crippen molar-refractivity contribution in [3.63, 3.8) is 0 Å². The van der Waals surface area contributed by atoms with Crippen molar-refractivity contribution in [1.82, 2.24) is 4.90 Å². The molecule has 2 aromatic rings. The van der Waals surface area contributed by atoms with E-state index in [2.05, 4.69) is 0 Å². The number of nitrogens with zero attached hydrogens (tertiary/aromatic N) is 1. The molecule has 132 valence electrons. The molecular formula is C19H19ClFNO3. The number of amides is 1. The van der Waals surface area contributed by atoms with Crippen molar-refractivity contribution in [2.24, 2.45) is 0 Å². The highest BCUT2D eigenvalue weighted by atomic mass is 35.5. The summed E-state index contributed by atoms with van der Waals surface area (Å²) in [6.07, 6.45) is 1.84. The molecule has 0 saturated heterocycles. The van der Waals surface area contributed by atoms with Gasteiger partial charge in [-0.05, 0) is 31.0 Å². The second-order valence-corrected chi connectivity index (χ2v) is 6.36. The van der Waals surface area contributed by atoms with Crippen molar-refractivity contribution < 1.29 is 18.7 Å². The van der Waals surface area contributed by atoms with Gasteiger partial charge in [-0.2, -0.15) is 0 Å². The van der Waals surface area contributed by atoms with Gasteiger partial charge in [0.25, 0.3) is 5.91 Å². The fourth-order valence-electron chi connectivity index (χ4n) is 2.77. The minimum atomic E-state index is -0.314. The van der Waals surface area contributed by atoms with Crippen molar-refractivity contribution in [2.75, 3.05) is 14.2 Å². The van der Waals surface area contributed by atoms with E-state index in [0.717, 1.165) is 12.8 Å². The fourth-order valence-corrected chi connectivity index (χ4v) is 3.06. The van der Waals surface area contributed by atoms with Gasteiger partial charge in [0.2, 0.25) is 0 Å². The minimum Gasteiger partial charge on any atom is -0.493 e. The maximum absolute atomic E-state index is 14.0. The van der Waals surface area contributed by atoms with Crippen LogP contribution >= 0.6 is 11.6 Å². The van der Waals surface area contributed by atoms with E-state index >= 15 is 0 Å². The standard InChI is InChI=1S/C19H19ClFNO3/c1-24-17-10-13(9-15(20)18(17)25-2)19(23)22(14-7-8-14)11-12-5-3-4-6-16(12)21/h3-6,9-10,14H,7-8,11H2,1-2H3. The summed E-state index contributed by atoms with van der Waals surface area (Å²) in [6, 6.07) is 9.78. The molecule has 1 aliphatic carbocycles. The fraction of sp³-hybridized carbons (Fsp3) is 0.316. The highest BCUT2D eigenvalue weighted by molar-refractivity contribution is 6.32. The van der Waals surface area contributed by atoms with Crippen LogP contribution < -0.4 is 9.47 Å². The molecule has 0 spiro atoms. The number of hydrogen-bond acceptors (Lipinski definition) is 3. The molecular weight excluding hydrogens is 345 g/mol. The van der Waals surface area contributed by atoms with Crippen LogP contribution in [0.4, 0.5) is 4.39 Å². The highest BCUT2D eigenvalue weighted by Gasteiger charge is 2.34. The van der Waals surface area contributed by atoms with Crippen LogP contribution in [-0.4, -0.2) is 31.1 Å². The van der Waals surface area contributed by atoms with Gasteiger partial charge in [0.15, 0.2) is 11.5 Å². The summed E-state index contributed by atoms with van der Waals surface area (Å²) in [6.45, 7) is 0.224. The molecule has 3 rings (SSSR count). The number of carbonyl (C=O) groups excluding carboxylic acids is 1. The molecule has 1 saturated carbocycles. The number of halogens is 2. The molecule has 25 heavy (non-hydrogen) atoms. The first-order valence-electron chi connectivity index (χ1n) is 8.01. The molecule has 1 fully saturated rings. The molecule has 1 amide bonds. The number of methoxy groups -OCH3 is 2. The first-order valence-corrected chi connectivity index (χ1v) is 8.38. The molecule has 0 unspecified atom stereocenters. The van der Waals surface area contributed by atoms with Gasteiger partial charge < -0.3 is 14.4 Å². The van der Waals surface area contributed by atoms with Gasteiger partial charge in [-0.15, -0.1) is 0 Å². The lowest BCUT2D eigenvalue weighted by atomic mass is 10.1. The van der Waals surface area contributed by atoms with Crippen LogP contribution in [0.2, 0.25) is 5.02 Å². The number of benzene rings is 2. The molecule has 4 nitrogen and oxygen atoms in total. The van der Waals surface area contributed by atoms with Gasteiger partial charge in [-0.25, -0.2) is 4.39 Å². The summed E-state index contributed by atoms with van der Waals surface area (Å²) in [5, 5.41) is 0.298. The van der Waals surface area contributed by atoms with Gasteiger partial charge in [-0.1, -0.05) is 29.8 Å². The lowest BCUT2D eigenvalue weighted by molar-refractivity contribution is 0.0728. The lowest BCUT2D eigenvalue weighted by Gasteiger charge is -2.23. The number of hydrogen-bond donors (Lipinski definition) is 0. The van der Waals surface area contributed by atoms with E-state index in [4.69, 9.17) is 21.1 Å². The van der Waals surface area contributed by atoms with E-state index in [9.17, 15) is 9.18 Å². The second kappa shape index (κ2) is 7.31. The van der Waals surface area contributed by atoms with E-state index in [1.165, 1.54) is 20.3 Å². The van der Waals surface area contributed by atoms with Crippen LogP contribution in [0.25, 0.3) is 0 Å². The van der Waals surface area contributed by atoms with Crippen molar-refractivity contribution in [3.05, 3.63) is 58.4 Å². The summed E-state index contributed by atoms with van der Waals surface area (Å²) in [7, 11) is 2.97. The smallest absolute Gasteiger partial charge is 0.254 e. The average molecular weight is 364 g/mol. The monoisotopic (exact) mass is 363 g/mol. The Labute approximate surface area is 151 Å². The molecule has 0 heterocycles. The molecule has 2 aromatic carbocycles. The van der Waals surface area contributed by atoms with Crippen molar-refractivity contribution in [2.45, 2.75) is 25.4 Å². The van der Waals surface area contributed by atoms with Crippen molar-refractivity contribution in [3.8, 4) is 11.5 Å². The molecule has 0 N–H and O–H groups in total. The van der Waals surface area contributed by atoms with Gasteiger partial charge >= 0.3 is 0 Å². The molecule has 0 radical (unpaired) electrons. The van der Waals surface area contributed by atoms with Crippen LogP contribution in [-0.2, 0) is 6.54 Å². The summed E-state index contributed by atoms with van der Waals surface area (Å²) < 4.78 is 24.4. The van der Waals surface area contributed by atoms with Crippen LogP contribution in [0.3, 0.4) is 0 Å². The SMILES string of the molecule is COc1cc(C(=O)N(Cc2ccccc2F)C2CC2)cc(Cl)c1OC. The first-order chi connectivity index (χ1) is 12.0. The molecule has 0 aliphatic heterocycles. The van der Waals surface area contributed by atoms with E-state index < -0.39 is 0 Å². The Morgan fingerprint density at radius 3 is 2.56 bits per heavy atom. The normalized spacial score (nSPS) is 13.4. The van der Waals surface area contributed by atoms with E-state index in [-0.39, 0.29) is 24.3 Å². The Bertz CT molecular complexity index is 792. The number of rotatable bonds is 6. The Morgan fingerprint density at radius 2 is 1.96 bits per heavy atom. The van der Waals surface area contributed by atoms with E-state index in [1.54, 1.807) is 35.2 Å². The Hall–Kier alpha value is -2.27. The van der Waals surface area contributed by atoms with Crippen LogP contribution in [0.1, 0.15) is 28.8 Å². The first kappa shape index (κ1) is 17.5. The quantitative estimate of drug-likeness (QED) is 0.768. The third-order valence-electron chi connectivity index (χ3n) is 4.23. The zero-order valence-electron chi connectivity index (χ0n) is 14.1. The van der Waals surface area contributed by atoms with E-state index in [0.29, 0.717) is 27.6 Å². The molecule has 0 atom stereocenters. The Kier molecular flexibility index (Phi) is 5.13. The summed E-state index contributed by atoms with van der Waals surface area (Å²) in [4.78, 5) is 14.7. The van der Waals surface area contributed by atoms with Crippen molar-refractivity contribution >= 4 is 17.5 Å². The van der Waals surface area contributed by atoms with Gasteiger partial charge in [0.1, 0.15) is 5.82 Å². The van der Waals surface area contributed by atoms with Crippen LogP contribution in [0.15, 0.2) is 36.4 Å². The Morgan fingerprint density at radius 1 is 1.24 bits per heavy atom. The molecule has 6 heteroatoms. The summed E-state index contributed by atoms with van der Waals surface area (Å²) in [5.74, 6) is 0.257. The van der Waals surface area contributed by atoms with Crippen molar-refractivity contribution in [1.29, 1.82) is 0 Å². The predicted molar refractivity (Wildman–Crippen MR) is 93.9 cm³/mol. The summed E-state index contributed by atoms with van der Waals surface area (Å²) in [5.41, 5.74) is 0.889. The topological polar surface area (TPSA) is 38.8 Å². The maximum Gasteiger partial charge on any atom is 0.254 e.